The summed E-state index contributed by atoms with van der Waals surface area (Å²) in [6, 6.07) is 3.16. The molecular weight excluding hydrogens is 302 g/mol. The minimum Gasteiger partial charge on any atom is -0.357 e. The number of hydrogen-bond donors (Lipinski definition) is 2. The van der Waals surface area contributed by atoms with E-state index in [9.17, 15) is 17.2 Å². The molecule has 0 atom stereocenters. The second-order valence-corrected chi connectivity index (χ2v) is 5.83. The molecule has 0 spiro atoms. The molecule has 2 N–H and O–H groups in total. The number of rotatable bonds is 5. The van der Waals surface area contributed by atoms with Crippen molar-refractivity contribution in [2.24, 2.45) is 0 Å². The molecule has 1 heterocycles. The lowest BCUT2D eigenvalue weighted by Gasteiger charge is -2.07. The molecule has 0 saturated heterocycles. The quantitative estimate of drug-likeness (QED) is 0.868. The number of aromatic nitrogens is 2. The van der Waals surface area contributed by atoms with Gasteiger partial charge in [-0.1, -0.05) is 6.07 Å². The average Bonchev–Trinajstić information content (AvgIpc) is 2.48. The van der Waals surface area contributed by atoms with Gasteiger partial charge < -0.3 is 5.32 Å². The van der Waals surface area contributed by atoms with Crippen molar-refractivity contribution < 1.29 is 17.2 Å². The summed E-state index contributed by atoms with van der Waals surface area (Å²) >= 11 is 0. The van der Waals surface area contributed by atoms with Crippen LogP contribution in [0.1, 0.15) is 5.56 Å². The molecule has 1 aromatic heterocycles. The summed E-state index contributed by atoms with van der Waals surface area (Å²) < 4.78 is 52.0. The maximum Gasteiger partial charge on any atom is 0.243 e. The van der Waals surface area contributed by atoms with E-state index in [-0.39, 0.29) is 17.4 Å². The monoisotopic (exact) mass is 314 g/mol. The molecule has 0 unspecified atom stereocenters. The first-order valence-corrected chi connectivity index (χ1v) is 7.34. The van der Waals surface area contributed by atoms with Gasteiger partial charge in [0.25, 0.3) is 0 Å². The number of anilines is 1. The molecule has 0 fully saturated rings. The van der Waals surface area contributed by atoms with Crippen LogP contribution in [0.5, 0.6) is 0 Å². The minimum absolute atomic E-state index is 0.121. The Balaban J connectivity index is 2.11. The zero-order valence-corrected chi connectivity index (χ0v) is 11.8. The number of benzene rings is 1. The van der Waals surface area contributed by atoms with Crippen molar-refractivity contribution in [3.8, 4) is 0 Å². The van der Waals surface area contributed by atoms with Gasteiger partial charge in [-0.15, -0.1) is 0 Å². The van der Waals surface area contributed by atoms with Gasteiger partial charge in [-0.3, -0.25) is 0 Å². The topological polar surface area (TPSA) is 84.0 Å². The Morgan fingerprint density at radius 3 is 2.38 bits per heavy atom. The summed E-state index contributed by atoms with van der Waals surface area (Å²) in [5.41, 5.74) is 0.297. The van der Waals surface area contributed by atoms with Crippen LogP contribution in [0, 0.1) is 11.6 Å². The van der Waals surface area contributed by atoms with E-state index in [1.807, 2.05) is 0 Å². The highest BCUT2D eigenvalue weighted by molar-refractivity contribution is 7.89. The molecule has 2 aromatic rings. The summed E-state index contributed by atoms with van der Waals surface area (Å²) in [6.45, 7) is -0.173. The normalized spacial score (nSPS) is 11.4. The Morgan fingerprint density at radius 1 is 1.14 bits per heavy atom. The van der Waals surface area contributed by atoms with Gasteiger partial charge in [-0.2, -0.15) is 0 Å². The molecule has 0 aliphatic rings. The number of halogens is 2. The first-order valence-electron chi connectivity index (χ1n) is 5.86. The zero-order valence-electron chi connectivity index (χ0n) is 11.0. The standard InChI is InChI=1S/C12H12F2N4O2S/c1-15-12-16-6-9(7-17-12)21(19,20)18-5-8-2-3-10(13)11(14)4-8/h2-4,6-7,18H,5H2,1H3,(H,15,16,17). The van der Waals surface area contributed by atoms with Gasteiger partial charge >= 0.3 is 0 Å². The fourth-order valence-corrected chi connectivity index (χ4v) is 2.40. The second-order valence-electron chi connectivity index (χ2n) is 4.07. The number of sulfonamides is 1. The van der Waals surface area contributed by atoms with Crippen molar-refractivity contribution in [1.29, 1.82) is 0 Å². The van der Waals surface area contributed by atoms with Crippen molar-refractivity contribution in [3.63, 3.8) is 0 Å². The van der Waals surface area contributed by atoms with Crippen LogP contribution >= 0.6 is 0 Å². The van der Waals surface area contributed by atoms with Crippen molar-refractivity contribution in [2.45, 2.75) is 11.4 Å². The van der Waals surface area contributed by atoms with Crippen molar-refractivity contribution in [3.05, 3.63) is 47.8 Å². The van der Waals surface area contributed by atoms with Crippen LogP contribution in [0.3, 0.4) is 0 Å². The van der Waals surface area contributed by atoms with Gasteiger partial charge in [0.15, 0.2) is 11.6 Å². The largest absolute Gasteiger partial charge is 0.357 e. The van der Waals surface area contributed by atoms with Gasteiger partial charge in [-0.25, -0.2) is 31.9 Å². The molecule has 112 valence electrons. The summed E-state index contributed by atoms with van der Waals surface area (Å²) in [7, 11) is -2.22. The SMILES string of the molecule is CNc1ncc(S(=O)(=O)NCc2ccc(F)c(F)c2)cn1. The number of nitrogens with one attached hydrogen (secondary N) is 2. The van der Waals surface area contributed by atoms with Crippen molar-refractivity contribution >= 4 is 16.0 Å². The van der Waals surface area contributed by atoms with Crippen LogP contribution < -0.4 is 10.0 Å². The van der Waals surface area contributed by atoms with E-state index in [1.165, 1.54) is 6.07 Å². The van der Waals surface area contributed by atoms with E-state index in [1.54, 1.807) is 7.05 Å². The molecule has 0 aliphatic heterocycles. The van der Waals surface area contributed by atoms with E-state index in [0.29, 0.717) is 5.56 Å². The first-order chi connectivity index (χ1) is 9.92. The molecule has 6 nitrogen and oxygen atoms in total. The van der Waals surface area contributed by atoms with E-state index in [4.69, 9.17) is 0 Å². The highest BCUT2D eigenvalue weighted by Gasteiger charge is 2.15. The molecule has 9 heteroatoms. The second kappa shape index (κ2) is 6.10. The van der Waals surface area contributed by atoms with Gasteiger partial charge in [0.1, 0.15) is 4.90 Å². The highest BCUT2D eigenvalue weighted by atomic mass is 32.2. The first kappa shape index (κ1) is 15.3. The van der Waals surface area contributed by atoms with Crippen LogP contribution in [0.25, 0.3) is 0 Å². The predicted octanol–water partition coefficient (Wildman–Crippen LogP) is 1.27. The summed E-state index contributed by atoms with van der Waals surface area (Å²) in [5, 5.41) is 2.66. The van der Waals surface area contributed by atoms with E-state index >= 15 is 0 Å². The Hall–Kier alpha value is -2.13. The molecule has 2 rings (SSSR count). The molecule has 0 bridgehead atoms. The molecule has 0 aliphatic carbocycles. The Bertz CT molecular complexity index is 735. The third kappa shape index (κ3) is 3.70. The highest BCUT2D eigenvalue weighted by Crippen LogP contribution is 2.11. The van der Waals surface area contributed by atoms with Crippen molar-refractivity contribution in [1.82, 2.24) is 14.7 Å². The minimum atomic E-state index is -3.83. The fourth-order valence-electron chi connectivity index (χ4n) is 1.50. The Kier molecular flexibility index (Phi) is 4.43. The molecule has 21 heavy (non-hydrogen) atoms. The van der Waals surface area contributed by atoms with Crippen LogP contribution in [-0.2, 0) is 16.6 Å². The van der Waals surface area contributed by atoms with Gasteiger partial charge in [0, 0.05) is 13.6 Å². The van der Waals surface area contributed by atoms with Gasteiger partial charge in [-0.05, 0) is 17.7 Å². The molecular formula is C12H12F2N4O2S. The van der Waals surface area contributed by atoms with Crippen LogP contribution in [0.15, 0.2) is 35.5 Å². The Labute approximate surface area is 120 Å². The van der Waals surface area contributed by atoms with Crippen LogP contribution in [-0.4, -0.2) is 25.4 Å². The predicted molar refractivity (Wildman–Crippen MR) is 72.0 cm³/mol. The fraction of sp³-hybridized carbons (Fsp3) is 0.167. The lowest BCUT2D eigenvalue weighted by atomic mass is 10.2. The van der Waals surface area contributed by atoms with Gasteiger partial charge in [0.2, 0.25) is 16.0 Å². The molecule has 0 radical (unpaired) electrons. The molecule has 0 amide bonds. The lowest BCUT2D eigenvalue weighted by molar-refractivity contribution is 0.506. The Morgan fingerprint density at radius 2 is 1.81 bits per heavy atom. The van der Waals surface area contributed by atoms with Gasteiger partial charge in [0.05, 0.1) is 12.4 Å². The summed E-state index contributed by atoms with van der Waals surface area (Å²) in [4.78, 5) is 7.47. The number of hydrogen-bond acceptors (Lipinski definition) is 5. The van der Waals surface area contributed by atoms with E-state index in [2.05, 4.69) is 20.0 Å². The van der Waals surface area contributed by atoms with Crippen LogP contribution in [0.4, 0.5) is 14.7 Å². The third-order valence-electron chi connectivity index (χ3n) is 2.61. The maximum atomic E-state index is 13.0. The smallest absolute Gasteiger partial charge is 0.243 e. The average molecular weight is 314 g/mol. The summed E-state index contributed by atoms with van der Waals surface area (Å²) in [6.07, 6.45) is 2.29. The molecule has 1 aromatic carbocycles. The van der Waals surface area contributed by atoms with Crippen molar-refractivity contribution in [2.75, 3.05) is 12.4 Å². The summed E-state index contributed by atoms with van der Waals surface area (Å²) in [5.74, 6) is -1.74. The third-order valence-corrected chi connectivity index (χ3v) is 3.97. The zero-order chi connectivity index (χ0) is 15.5. The molecule has 0 saturated carbocycles. The van der Waals surface area contributed by atoms with E-state index in [0.717, 1.165) is 24.5 Å². The van der Waals surface area contributed by atoms with Crippen LogP contribution in [0.2, 0.25) is 0 Å². The maximum absolute atomic E-state index is 13.0. The number of nitrogens with zero attached hydrogens (tertiary/aromatic N) is 2. The lowest BCUT2D eigenvalue weighted by Crippen LogP contribution is -2.23. The van der Waals surface area contributed by atoms with E-state index < -0.39 is 21.7 Å².